The van der Waals surface area contributed by atoms with E-state index < -0.39 is 0 Å². The quantitative estimate of drug-likeness (QED) is 0.330. The van der Waals surface area contributed by atoms with Crippen molar-refractivity contribution in [1.29, 1.82) is 0 Å². The van der Waals surface area contributed by atoms with Gasteiger partial charge in [0.05, 0.1) is 11.1 Å². The molecule has 2 aromatic heterocycles. The largest absolute Gasteiger partial charge is 0.438 e. The van der Waals surface area contributed by atoms with Crippen molar-refractivity contribution < 1.29 is 4.42 Å². The molecule has 29 heavy (non-hydrogen) atoms. The summed E-state index contributed by atoms with van der Waals surface area (Å²) in [4.78, 5) is 9.50. The number of hydrogen-bond acceptors (Lipinski definition) is 3. The van der Waals surface area contributed by atoms with Gasteiger partial charge < -0.3 is 4.42 Å². The fraction of sp³-hybridized carbons (Fsp3) is 0.154. The van der Waals surface area contributed by atoms with Gasteiger partial charge in [0, 0.05) is 17.4 Å². The number of fused-ring (bicyclic) bond motifs is 3. The van der Waals surface area contributed by atoms with Gasteiger partial charge in [-0.15, -0.1) is 0 Å². The van der Waals surface area contributed by atoms with Gasteiger partial charge in [0.2, 0.25) is 5.71 Å². The molecule has 0 aliphatic rings. The van der Waals surface area contributed by atoms with Crippen LogP contribution in [0.2, 0.25) is 0 Å². The Bertz CT molecular complexity index is 1260. The highest BCUT2D eigenvalue weighted by Crippen LogP contribution is 2.35. The maximum Gasteiger partial charge on any atom is 0.231 e. The second-order valence-corrected chi connectivity index (χ2v) is 6.57. The van der Waals surface area contributed by atoms with E-state index in [1.165, 1.54) is 11.1 Å². The van der Waals surface area contributed by atoms with Crippen molar-refractivity contribution in [3.8, 4) is 22.4 Å². The third-order valence-electron chi connectivity index (χ3n) is 4.84. The molecule has 5 aromatic rings. The Kier molecular flexibility index (Phi) is 5.39. The van der Waals surface area contributed by atoms with Crippen LogP contribution in [-0.4, -0.2) is 9.97 Å². The zero-order valence-electron chi connectivity index (χ0n) is 17.0. The fourth-order valence-electron chi connectivity index (χ4n) is 3.51. The van der Waals surface area contributed by atoms with E-state index in [1.54, 1.807) is 0 Å². The second-order valence-electron chi connectivity index (χ2n) is 6.57. The SMILES string of the molecule is CC.CCc1nc(-c2cccc(-c3ccccc3)c2)c2c(n1)oc1ccccc12. The Morgan fingerprint density at radius 3 is 2.21 bits per heavy atom. The Hall–Kier alpha value is -3.46. The summed E-state index contributed by atoms with van der Waals surface area (Å²) in [6, 6.07) is 27.0. The van der Waals surface area contributed by atoms with Crippen molar-refractivity contribution in [2.75, 3.05) is 0 Å². The second kappa shape index (κ2) is 8.27. The summed E-state index contributed by atoms with van der Waals surface area (Å²) in [6.07, 6.45) is 0.762. The molecule has 0 N–H and O–H groups in total. The summed E-state index contributed by atoms with van der Waals surface area (Å²) in [5, 5.41) is 2.03. The first-order valence-corrected chi connectivity index (χ1v) is 10.2. The highest BCUT2D eigenvalue weighted by molar-refractivity contribution is 6.10. The zero-order chi connectivity index (χ0) is 20.2. The van der Waals surface area contributed by atoms with Crippen molar-refractivity contribution in [2.45, 2.75) is 27.2 Å². The van der Waals surface area contributed by atoms with Crippen molar-refractivity contribution in [2.24, 2.45) is 0 Å². The van der Waals surface area contributed by atoms with Gasteiger partial charge in [-0.05, 0) is 23.3 Å². The van der Waals surface area contributed by atoms with E-state index in [4.69, 9.17) is 9.40 Å². The first-order chi connectivity index (χ1) is 14.3. The number of nitrogens with zero attached hydrogens (tertiary/aromatic N) is 2. The van der Waals surface area contributed by atoms with Gasteiger partial charge >= 0.3 is 0 Å². The third-order valence-corrected chi connectivity index (χ3v) is 4.84. The lowest BCUT2D eigenvalue weighted by molar-refractivity contribution is 0.649. The molecule has 144 valence electrons. The molecule has 0 bridgehead atoms. The monoisotopic (exact) mass is 380 g/mol. The van der Waals surface area contributed by atoms with Crippen molar-refractivity contribution in [3.05, 3.63) is 84.7 Å². The molecule has 0 aliphatic heterocycles. The van der Waals surface area contributed by atoms with E-state index >= 15 is 0 Å². The summed E-state index contributed by atoms with van der Waals surface area (Å²) >= 11 is 0. The number of benzene rings is 3. The molecule has 3 nitrogen and oxygen atoms in total. The van der Waals surface area contributed by atoms with Crippen LogP contribution < -0.4 is 0 Å². The molecule has 0 spiro atoms. The predicted octanol–water partition coefficient (Wildman–Crippen LogP) is 7.30. The number of rotatable bonds is 3. The van der Waals surface area contributed by atoms with E-state index in [-0.39, 0.29) is 0 Å². The van der Waals surface area contributed by atoms with Crippen LogP contribution in [0, 0.1) is 0 Å². The number of aryl methyl sites for hydroxylation is 1. The van der Waals surface area contributed by atoms with E-state index in [1.807, 2.05) is 38.1 Å². The molecule has 0 amide bonds. The first kappa shape index (κ1) is 18.9. The molecular formula is C26H24N2O. The molecule has 0 saturated carbocycles. The molecule has 2 heterocycles. The number of para-hydroxylation sites is 1. The van der Waals surface area contributed by atoms with Crippen LogP contribution in [0.5, 0.6) is 0 Å². The van der Waals surface area contributed by atoms with Crippen LogP contribution in [0.4, 0.5) is 0 Å². The Morgan fingerprint density at radius 2 is 1.41 bits per heavy atom. The predicted molar refractivity (Wildman–Crippen MR) is 121 cm³/mol. The summed E-state index contributed by atoms with van der Waals surface area (Å²) in [5.41, 5.74) is 5.87. The van der Waals surface area contributed by atoms with Crippen LogP contribution in [0.25, 0.3) is 44.5 Å². The lowest BCUT2D eigenvalue weighted by Crippen LogP contribution is -1.96. The van der Waals surface area contributed by atoms with Crippen molar-refractivity contribution in [3.63, 3.8) is 0 Å². The smallest absolute Gasteiger partial charge is 0.231 e. The van der Waals surface area contributed by atoms with Gasteiger partial charge in [0.1, 0.15) is 11.4 Å². The molecule has 0 unspecified atom stereocenters. The summed E-state index contributed by atoms with van der Waals surface area (Å²) in [6.45, 7) is 6.06. The number of aromatic nitrogens is 2. The lowest BCUT2D eigenvalue weighted by atomic mass is 10.00. The molecule has 0 fully saturated rings. The van der Waals surface area contributed by atoms with Gasteiger partial charge in [-0.25, -0.2) is 4.98 Å². The van der Waals surface area contributed by atoms with Gasteiger partial charge in [-0.2, -0.15) is 4.98 Å². The Labute approximate surface area is 171 Å². The van der Waals surface area contributed by atoms with Gasteiger partial charge in [0.25, 0.3) is 0 Å². The lowest BCUT2D eigenvalue weighted by Gasteiger charge is -2.08. The third kappa shape index (κ3) is 3.52. The average molecular weight is 380 g/mol. The molecule has 3 aromatic carbocycles. The van der Waals surface area contributed by atoms with Gasteiger partial charge in [-0.1, -0.05) is 87.5 Å². The minimum atomic E-state index is 0.656. The molecule has 0 radical (unpaired) electrons. The minimum absolute atomic E-state index is 0.656. The normalized spacial score (nSPS) is 10.7. The Balaban J connectivity index is 0.000000994. The van der Waals surface area contributed by atoms with E-state index in [0.717, 1.165) is 39.9 Å². The fourth-order valence-corrected chi connectivity index (χ4v) is 3.51. The molecule has 0 saturated heterocycles. The van der Waals surface area contributed by atoms with Crippen LogP contribution in [0.3, 0.4) is 0 Å². The average Bonchev–Trinajstić information content (AvgIpc) is 3.19. The first-order valence-electron chi connectivity index (χ1n) is 10.2. The minimum Gasteiger partial charge on any atom is -0.438 e. The van der Waals surface area contributed by atoms with Crippen LogP contribution >= 0.6 is 0 Å². The number of furan rings is 1. The maximum absolute atomic E-state index is 6.02. The maximum atomic E-state index is 6.02. The summed E-state index contributed by atoms with van der Waals surface area (Å²) in [7, 11) is 0. The molecule has 5 rings (SSSR count). The van der Waals surface area contributed by atoms with E-state index in [0.29, 0.717) is 5.71 Å². The number of hydrogen-bond donors (Lipinski definition) is 0. The zero-order valence-corrected chi connectivity index (χ0v) is 17.0. The van der Waals surface area contributed by atoms with Crippen LogP contribution in [0.15, 0.2) is 83.3 Å². The van der Waals surface area contributed by atoms with E-state index in [9.17, 15) is 0 Å². The highest BCUT2D eigenvalue weighted by Gasteiger charge is 2.16. The Morgan fingerprint density at radius 1 is 0.724 bits per heavy atom. The summed E-state index contributed by atoms with van der Waals surface area (Å²) in [5.74, 6) is 0.793. The molecule has 0 aliphatic carbocycles. The van der Waals surface area contributed by atoms with Crippen LogP contribution in [-0.2, 0) is 6.42 Å². The van der Waals surface area contributed by atoms with Crippen molar-refractivity contribution >= 4 is 22.1 Å². The van der Waals surface area contributed by atoms with Gasteiger partial charge in [0.15, 0.2) is 0 Å². The highest BCUT2D eigenvalue weighted by atomic mass is 16.3. The molecular weight excluding hydrogens is 356 g/mol. The standard InChI is InChI=1S/C24H18N2O.C2H6/c1-2-21-25-23(22-19-13-6-7-14-20(19)27-24(22)26-21)18-12-8-11-17(15-18)16-9-4-3-5-10-16;1-2/h3-15H,2H2,1H3;1-2H3. The van der Waals surface area contributed by atoms with Crippen LogP contribution in [0.1, 0.15) is 26.6 Å². The van der Waals surface area contributed by atoms with Gasteiger partial charge in [-0.3, -0.25) is 0 Å². The molecule has 3 heteroatoms. The topological polar surface area (TPSA) is 38.9 Å². The molecule has 0 atom stereocenters. The summed E-state index contributed by atoms with van der Waals surface area (Å²) < 4.78 is 6.02. The van der Waals surface area contributed by atoms with Crippen molar-refractivity contribution in [1.82, 2.24) is 9.97 Å². The van der Waals surface area contributed by atoms with E-state index in [2.05, 4.69) is 66.5 Å².